The number of carbonyl (C=O) groups is 1. The molecule has 1 aliphatic carbocycles. The van der Waals surface area contributed by atoms with Gasteiger partial charge in [0, 0.05) is 11.6 Å². The minimum atomic E-state index is -4.48. The van der Waals surface area contributed by atoms with Gasteiger partial charge in [0.25, 0.3) is 10.0 Å². The summed E-state index contributed by atoms with van der Waals surface area (Å²) in [4.78, 5) is 12.4. The fraction of sp³-hybridized carbons (Fsp3) is 0.381. The summed E-state index contributed by atoms with van der Waals surface area (Å²) in [6.45, 7) is 0. The van der Waals surface area contributed by atoms with Crippen LogP contribution in [0.15, 0.2) is 47.4 Å². The molecule has 0 saturated heterocycles. The van der Waals surface area contributed by atoms with Crippen molar-refractivity contribution in [3.05, 3.63) is 47.5 Å². The number of sulfonamides is 1. The molecule has 11 heteroatoms. The molecule has 2 unspecified atom stereocenters. The van der Waals surface area contributed by atoms with Gasteiger partial charge in [-0.25, -0.2) is 8.42 Å². The second-order valence-electron chi connectivity index (χ2n) is 7.48. The summed E-state index contributed by atoms with van der Waals surface area (Å²) < 4.78 is 73.4. The zero-order chi connectivity index (χ0) is 23.5. The molecule has 6 nitrogen and oxygen atoms in total. The molecule has 2 atom stereocenters. The number of anilines is 2. The third-order valence-electron chi connectivity index (χ3n) is 5.36. The van der Waals surface area contributed by atoms with Crippen molar-refractivity contribution in [1.29, 1.82) is 0 Å². The van der Waals surface area contributed by atoms with Gasteiger partial charge in [0.05, 0.1) is 23.7 Å². The van der Waals surface area contributed by atoms with E-state index in [0.717, 1.165) is 6.07 Å². The second kappa shape index (κ2) is 9.58. The molecule has 0 aliphatic heterocycles. The van der Waals surface area contributed by atoms with Crippen molar-refractivity contribution in [2.24, 2.45) is 11.8 Å². The van der Waals surface area contributed by atoms with Crippen LogP contribution in [0.1, 0.15) is 25.7 Å². The summed E-state index contributed by atoms with van der Waals surface area (Å²) in [5, 5.41) is 2.62. The Balaban J connectivity index is 1.87. The Morgan fingerprint density at radius 3 is 2.47 bits per heavy atom. The van der Waals surface area contributed by atoms with E-state index in [1.54, 1.807) is 12.1 Å². The third-order valence-corrected chi connectivity index (χ3v) is 7.08. The van der Waals surface area contributed by atoms with Crippen LogP contribution >= 0.6 is 11.6 Å². The van der Waals surface area contributed by atoms with E-state index in [0.29, 0.717) is 12.8 Å². The van der Waals surface area contributed by atoms with Gasteiger partial charge in [0.15, 0.2) is 0 Å². The van der Waals surface area contributed by atoms with Crippen molar-refractivity contribution in [2.75, 3.05) is 17.1 Å². The van der Waals surface area contributed by atoms with Crippen LogP contribution in [0, 0.1) is 11.8 Å². The van der Waals surface area contributed by atoms with Gasteiger partial charge in [-0.3, -0.25) is 9.52 Å². The van der Waals surface area contributed by atoms with Crippen molar-refractivity contribution < 1.29 is 31.1 Å². The molecule has 2 aromatic rings. The molecule has 0 heterocycles. The molecular weight excluding hydrogens is 469 g/mol. The lowest BCUT2D eigenvalue weighted by atomic mass is 9.78. The molecular formula is C21H22ClF3N2O4S. The number of benzene rings is 2. The Labute approximate surface area is 189 Å². The van der Waals surface area contributed by atoms with Crippen LogP contribution < -0.4 is 14.8 Å². The summed E-state index contributed by atoms with van der Waals surface area (Å²) in [6.07, 6.45) is -3.53. The highest BCUT2D eigenvalue weighted by molar-refractivity contribution is 7.92. The highest BCUT2D eigenvalue weighted by atomic mass is 35.5. The first kappa shape index (κ1) is 24.2. The van der Waals surface area contributed by atoms with E-state index in [1.807, 2.05) is 0 Å². The third kappa shape index (κ3) is 5.47. The lowest BCUT2D eigenvalue weighted by molar-refractivity contribution is -0.197. The number of amides is 1. The maximum atomic E-state index is 13.4. The number of nitrogens with one attached hydrogen (secondary N) is 2. The molecule has 174 valence electrons. The maximum Gasteiger partial charge on any atom is 0.392 e. The number of rotatable bonds is 6. The second-order valence-corrected chi connectivity index (χ2v) is 9.54. The highest BCUT2D eigenvalue weighted by Gasteiger charge is 2.48. The Hall–Kier alpha value is -2.46. The van der Waals surface area contributed by atoms with Crippen LogP contribution in [0.25, 0.3) is 0 Å². The number of methoxy groups -OCH3 is 1. The van der Waals surface area contributed by atoms with E-state index in [-0.39, 0.29) is 39.9 Å². The first-order valence-electron chi connectivity index (χ1n) is 9.86. The zero-order valence-corrected chi connectivity index (χ0v) is 18.7. The molecule has 0 radical (unpaired) electrons. The number of ether oxygens (including phenoxy) is 1. The Morgan fingerprint density at radius 1 is 1.12 bits per heavy atom. The van der Waals surface area contributed by atoms with Gasteiger partial charge >= 0.3 is 6.18 Å². The molecule has 3 rings (SSSR count). The summed E-state index contributed by atoms with van der Waals surface area (Å²) >= 11 is 6.02. The van der Waals surface area contributed by atoms with Crippen molar-refractivity contribution >= 4 is 38.9 Å². The van der Waals surface area contributed by atoms with E-state index in [2.05, 4.69) is 10.0 Å². The molecule has 2 N–H and O–H groups in total. The lowest BCUT2D eigenvalue weighted by Crippen LogP contribution is -2.39. The summed E-state index contributed by atoms with van der Waals surface area (Å²) in [6, 6.07) is 10.0. The van der Waals surface area contributed by atoms with Crippen molar-refractivity contribution in [1.82, 2.24) is 0 Å². The monoisotopic (exact) mass is 490 g/mol. The van der Waals surface area contributed by atoms with Gasteiger partial charge in [-0.05, 0) is 43.2 Å². The van der Waals surface area contributed by atoms with Gasteiger partial charge in [0.2, 0.25) is 5.91 Å². The molecule has 32 heavy (non-hydrogen) atoms. The average Bonchev–Trinajstić information content (AvgIpc) is 2.74. The van der Waals surface area contributed by atoms with Crippen LogP contribution in [0.4, 0.5) is 24.5 Å². The fourth-order valence-corrected chi connectivity index (χ4v) is 5.29. The quantitative estimate of drug-likeness (QED) is 0.563. The van der Waals surface area contributed by atoms with Crippen LogP contribution in [0.5, 0.6) is 5.75 Å². The average molecular weight is 491 g/mol. The number of para-hydroxylation sites is 1. The molecule has 0 aromatic heterocycles. The van der Waals surface area contributed by atoms with Gasteiger partial charge in [0.1, 0.15) is 10.6 Å². The smallest absolute Gasteiger partial charge is 0.392 e. The van der Waals surface area contributed by atoms with E-state index < -0.39 is 33.9 Å². The number of alkyl halides is 3. The van der Waals surface area contributed by atoms with Gasteiger partial charge < -0.3 is 10.1 Å². The summed E-state index contributed by atoms with van der Waals surface area (Å²) in [5.74, 6) is -3.75. The predicted octanol–water partition coefficient (Wildman–Crippen LogP) is 5.46. The van der Waals surface area contributed by atoms with Gasteiger partial charge in [-0.1, -0.05) is 36.6 Å². The minimum absolute atomic E-state index is 0.00612. The molecule has 1 saturated carbocycles. The van der Waals surface area contributed by atoms with Gasteiger partial charge in [-0.2, -0.15) is 13.2 Å². The number of hydrogen-bond acceptors (Lipinski definition) is 4. The van der Waals surface area contributed by atoms with E-state index >= 15 is 0 Å². The van der Waals surface area contributed by atoms with E-state index in [9.17, 15) is 26.4 Å². The van der Waals surface area contributed by atoms with Gasteiger partial charge in [-0.15, -0.1) is 0 Å². The number of carbonyl (C=O) groups excluding carboxylic acids is 1. The summed E-state index contributed by atoms with van der Waals surface area (Å²) in [5.41, 5.74) is 0.183. The molecule has 1 amide bonds. The zero-order valence-electron chi connectivity index (χ0n) is 17.1. The number of halogens is 4. The predicted molar refractivity (Wildman–Crippen MR) is 115 cm³/mol. The molecule has 0 bridgehead atoms. The molecule has 1 aliphatic rings. The Morgan fingerprint density at radius 2 is 1.81 bits per heavy atom. The number of hydrogen-bond donors (Lipinski definition) is 2. The molecule has 0 spiro atoms. The van der Waals surface area contributed by atoms with Crippen LogP contribution in [-0.4, -0.2) is 27.6 Å². The standard InChI is InChI=1S/C21H22ClF3N2O4S/c1-31-18-11-10-13(26-20(28)14-6-2-3-7-15(14)21(23,24)25)12-19(18)32(29,30)27-17-9-5-4-8-16(17)22/h4-5,8-12,14-15,27H,2-3,6-7H2,1H3,(H,26,28). The van der Waals surface area contributed by atoms with Crippen LogP contribution in [0.2, 0.25) is 5.02 Å². The first-order valence-corrected chi connectivity index (χ1v) is 11.7. The lowest BCUT2D eigenvalue weighted by Gasteiger charge is -2.32. The summed E-state index contributed by atoms with van der Waals surface area (Å²) in [7, 11) is -2.91. The minimum Gasteiger partial charge on any atom is -0.495 e. The highest BCUT2D eigenvalue weighted by Crippen LogP contribution is 2.42. The fourth-order valence-electron chi connectivity index (χ4n) is 3.78. The normalized spacial score (nSPS) is 19.3. The van der Waals surface area contributed by atoms with Crippen molar-refractivity contribution in [3.63, 3.8) is 0 Å². The largest absolute Gasteiger partial charge is 0.495 e. The van der Waals surface area contributed by atoms with E-state index in [4.69, 9.17) is 16.3 Å². The Bertz CT molecular complexity index is 1090. The van der Waals surface area contributed by atoms with Crippen LogP contribution in [0.3, 0.4) is 0 Å². The van der Waals surface area contributed by atoms with Crippen molar-refractivity contribution in [3.8, 4) is 5.75 Å². The van der Waals surface area contributed by atoms with Crippen molar-refractivity contribution in [2.45, 2.75) is 36.8 Å². The molecule has 2 aromatic carbocycles. The first-order chi connectivity index (χ1) is 15.0. The Kier molecular flexibility index (Phi) is 7.24. The van der Waals surface area contributed by atoms with E-state index in [1.165, 1.54) is 31.4 Å². The topological polar surface area (TPSA) is 84.5 Å². The molecule has 1 fully saturated rings. The SMILES string of the molecule is COc1ccc(NC(=O)C2CCCCC2C(F)(F)F)cc1S(=O)(=O)Nc1ccccc1Cl. The van der Waals surface area contributed by atoms with Crippen LogP contribution in [-0.2, 0) is 14.8 Å². The maximum absolute atomic E-state index is 13.4.